The molecule has 0 aromatic carbocycles. The monoisotopic (exact) mass is 340 g/mol. The van der Waals surface area contributed by atoms with Gasteiger partial charge in [0.2, 0.25) is 0 Å². The molecule has 0 aromatic rings. The van der Waals surface area contributed by atoms with Crippen molar-refractivity contribution in [1.82, 2.24) is 0 Å². The lowest BCUT2D eigenvalue weighted by atomic mass is 10.8. The molecule has 0 saturated carbocycles. The van der Waals surface area contributed by atoms with Crippen LogP contribution in [0.5, 0.6) is 0 Å². The molecule has 0 rings (SSSR count). The maximum absolute atomic E-state index is 9.63. The van der Waals surface area contributed by atoms with Crippen molar-refractivity contribution in [1.29, 1.82) is 0 Å². The Morgan fingerprint density at radius 3 is 1.19 bits per heavy atom. The van der Waals surface area contributed by atoms with Crippen molar-refractivity contribution in [3.05, 3.63) is 0 Å². The third-order valence-electron chi connectivity index (χ3n) is 0.455. The average Bonchev–Trinajstić information content (AvgIpc) is 1.75. The average molecular weight is 341 g/mol. The van der Waals surface area contributed by atoms with Crippen molar-refractivity contribution in [2.75, 3.05) is 0 Å². The maximum atomic E-state index is 9.63. The quantitative estimate of drug-likeness (QED) is 0.358. The first-order chi connectivity index (χ1) is 6.65. The molecule has 0 aliphatic rings. The Morgan fingerprint density at radius 1 is 1.00 bits per heavy atom. The van der Waals surface area contributed by atoms with Gasteiger partial charge < -0.3 is 24.7 Å². The second-order valence-electron chi connectivity index (χ2n) is 1.87. The summed E-state index contributed by atoms with van der Waals surface area (Å²) < 4.78 is 20.0. The number of phosphoric acid groups is 2. The number of hydrogen-bond acceptors (Lipinski definition) is 4. The minimum absolute atomic E-state index is 1.46. The lowest BCUT2D eigenvalue weighted by Crippen LogP contribution is -2.16. The van der Waals surface area contributed by atoms with Gasteiger partial charge in [-0.2, -0.15) is 4.31 Å². The molecule has 0 radical (unpaired) electrons. The highest BCUT2D eigenvalue weighted by Crippen LogP contribution is 2.53. The summed E-state index contributed by atoms with van der Waals surface area (Å²) in [5.74, 6) is -1.46. The molecular weight excluding hydrogens is 336 g/mol. The zero-order valence-corrected chi connectivity index (χ0v) is 11.0. The number of carboxylic acid groups (broad SMARTS) is 1. The van der Waals surface area contributed by atoms with E-state index in [4.69, 9.17) is 59.5 Å². The first kappa shape index (κ1) is 19.0. The summed E-state index contributed by atoms with van der Waals surface area (Å²) in [4.78, 5) is 40.6. The molecule has 0 heterocycles. The van der Waals surface area contributed by atoms with E-state index in [0.717, 1.165) is 0 Å². The normalized spacial score (nSPS) is 12.7. The van der Waals surface area contributed by atoms with E-state index in [0.29, 0.717) is 0 Å². The Labute approximate surface area is 103 Å². The molecule has 0 aliphatic carbocycles. The Kier molecular flexibility index (Phi) is 7.71. The standard InChI is InChI=1S/C2HCl3O2.H4O7P2/c3-2(4,5)1(6)7;1-8(2,3)7-9(4,5)6/h(H,6,7);(H2,1,2,3)(H2,4,5,6). The summed E-state index contributed by atoms with van der Waals surface area (Å²) in [6.07, 6.45) is 0. The first-order valence-electron chi connectivity index (χ1n) is 2.77. The van der Waals surface area contributed by atoms with Crippen LogP contribution in [0.4, 0.5) is 0 Å². The zero-order chi connectivity index (χ0) is 13.8. The smallest absolute Gasteiger partial charge is 0.478 e. The lowest BCUT2D eigenvalue weighted by Gasteiger charge is -2.03. The van der Waals surface area contributed by atoms with E-state index in [9.17, 15) is 13.9 Å². The van der Waals surface area contributed by atoms with E-state index in [1.807, 2.05) is 0 Å². The second kappa shape index (κ2) is 6.51. The van der Waals surface area contributed by atoms with Crippen LogP contribution in [0.3, 0.4) is 0 Å². The predicted molar refractivity (Wildman–Crippen MR) is 53.1 cm³/mol. The van der Waals surface area contributed by atoms with Crippen LogP contribution in [0.2, 0.25) is 0 Å². The third-order valence-corrected chi connectivity index (χ3v) is 2.64. The van der Waals surface area contributed by atoms with Gasteiger partial charge in [-0.1, -0.05) is 34.8 Å². The van der Waals surface area contributed by atoms with Crippen LogP contribution in [-0.4, -0.2) is 34.4 Å². The highest BCUT2D eigenvalue weighted by molar-refractivity contribution is 7.60. The SMILES string of the molecule is O=C(O)C(Cl)(Cl)Cl.O=P(O)(O)OP(=O)(O)O. The summed E-state index contributed by atoms with van der Waals surface area (Å²) in [5, 5.41) is 7.85. The highest BCUT2D eigenvalue weighted by atomic mass is 35.6. The Hall–Kier alpha value is 0.600. The van der Waals surface area contributed by atoms with E-state index in [-0.39, 0.29) is 0 Å². The molecule has 98 valence electrons. The van der Waals surface area contributed by atoms with Gasteiger partial charge in [-0.15, -0.1) is 0 Å². The molecule has 0 bridgehead atoms. The van der Waals surface area contributed by atoms with Crippen molar-refractivity contribution in [3.63, 3.8) is 0 Å². The molecule has 5 N–H and O–H groups in total. The van der Waals surface area contributed by atoms with Gasteiger partial charge in [-0.3, -0.25) is 0 Å². The minimum atomic E-state index is -5.05. The van der Waals surface area contributed by atoms with Crippen LogP contribution >= 0.6 is 50.4 Å². The van der Waals surface area contributed by atoms with Crippen molar-refractivity contribution < 1.29 is 42.9 Å². The van der Waals surface area contributed by atoms with Crippen LogP contribution in [0, 0.1) is 0 Å². The molecule has 0 unspecified atom stereocenters. The number of rotatable bonds is 2. The summed E-state index contributed by atoms with van der Waals surface area (Å²) >= 11 is 14.4. The minimum Gasteiger partial charge on any atom is -0.478 e. The zero-order valence-electron chi connectivity index (χ0n) is 6.90. The highest BCUT2D eigenvalue weighted by Gasteiger charge is 2.29. The van der Waals surface area contributed by atoms with Crippen molar-refractivity contribution in [2.24, 2.45) is 0 Å². The van der Waals surface area contributed by atoms with E-state index >= 15 is 0 Å². The van der Waals surface area contributed by atoms with Crippen LogP contribution in [-0.2, 0) is 18.2 Å². The number of halogens is 3. The number of carboxylic acids is 1. The summed E-state index contributed by atoms with van der Waals surface area (Å²) in [6.45, 7) is 0. The van der Waals surface area contributed by atoms with Gasteiger partial charge in [0.25, 0.3) is 3.79 Å². The Bertz CT molecular complexity index is 302. The largest absolute Gasteiger partial charge is 0.478 e. The fourth-order valence-corrected chi connectivity index (χ4v) is 1.25. The van der Waals surface area contributed by atoms with E-state index in [1.165, 1.54) is 0 Å². The third kappa shape index (κ3) is 17.0. The molecule has 0 fully saturated rings. The van der Waals surface area contributed by atoms with Crippen LogP contribution < -0.4 is 0 Å². The molecule has 0 spiro atoms. The number of alkyl halides is 3. The van der Waals surface area contributed by atoms with Gasteiger partial charge in [0.15, 0.2) is 0 Å². The van der Waals surface area contributed by atoms with Crippen LogP contribution in [0.25, 0.3) is 0 Å². The fourth-order valence-electron chi connectivity index (χ4n) is 0.139. The molecule has 0 atom stereocenters. The van der Waals surface area contributed by atoms with Crippen molar-refractivity contribution in [3.8, 4) is 0 Å². The molecule has 0 aliphatic heterocycles. The van der Waals surface area contributed by atoms with Gasteiger partial charge in [0.05, 0.1) is 0 Å². The maximum Gasteiger partial charge on any atom is 0.478 e. The summed E-state index contributed by atoms with van der Waals surface area (Å²) in [5.41, 5.74) is 0. The topological polar surface area (TPSA) is 162 Å². The number of carbonyl (C=O) groups is 1. The number of aliphatic carboxylic acids is 1. The second-order valence-corrected chi connectivity index (χ2v) is 6.76. The Morgan fingerprint density at radius 2 is 1.19 bits per heavy atom. The van der Waals surface area contributed by atoms with Gasteiger partial charge in [-0.05, 0) is 0 Å². The molecule has 0 aromatic heterocycles. The Balaban J connectivity index is 0. The fraction of sp³-hybridized carbons (Fsp3) is 0.500. The predicted octanol–water partition coefficient (Wildman–Crippen LogP) is 0.630. The number of hydrogen-bond donors (Lipinski definition) is 5. The molecular formula is C2H5Cl3O9P2. The first-order valence-corrected chi connectivity index (χ1v) is 6.97. The van der Waals surface area contributed by atoms with E-state index in [1.54, 1.807) is 0 Å². The van der Waals surface area contributed by atoms with Gasteiger partial charge in [-0.25, -0.2) is 13.9 Å². The van der Waals surface area contributed by atoms with Crippen LogP contribution in [0.1, 0.15) is 0 Å². The lowest BCUT2D eigenvalue weighted by molar-refractivity contribution is -0.135. The van der Waals surface area contributed by atoms with Gasteiger partial charge in [0, 0.05) is 0 Å². The summed E-state index contributed by atoms with van der Waals surface area (Å²) in [7, 11) is -10.1. The van der Waals surface area contributed by atoms with Crippen molar-refractivity contribution in [2.45, 2.75) is 3.79 Å². The van der Waals surface area contributed by atoms with E-state index < -0.39 is 25.4 Å². The summed E-state index contributed by atoms with van der Waals surface area (Å²) in [6, 6.07) is 0. The molecule has 16 heavy (non-hydrogen) atoms. The van der Waals surface area contributed by atoms with E-state index in [2.05, 4.69) is 4.31 Å². The van der Waals surface area contributed by atoms with Crippen molar-refractivity contribution >= 4 is 56.4 Å². The molecule has 0 saturated heterocycles. The molecule has 0 amide bonds. The van der Waals surface area contributed by atoms with Gasteiger partial charge in [0.1, 0.15) is 0 Å². The van der Waals surface area contributed by atoms with Crippen LogP contribution in [0.15, 0.2) is 0 Å². The van der Waals surface area contributed by atoms with Gasteiger partial charge >= 0.3 is 21.6 Å². The molecule has 14 heteroatoms. The molecule has 9 nitrogen and oxygen atoms in total.